The first-order valence-electron chi connectivity index (χ1n) is 5.37. The molecule has 2 unspecified atom stereocenters. The van der Waals surface area contributed by atoms with Gasteiger partial charge in [-0.15, -0.1) is 12.4 Å². The number of rotatable bonds is 4. The number of aliphatic carboxylic acids is 1. The zero-order chi connectivity index (χ0) is 13.9. The van der Waals surface area contributed by atoms with Crippen molar-refractivity contribution in [2.75, 3.05) is 6.54 Å². The Bertz CT molecular complexity index is 420. The molecule has 19 heavy (non-hydrogen) atoms. The molecule has 0 amide bonds. The standard InChI is InChI=1S/C12H14F3NO2.ClH/c1-7(11(17)18)10(6-16)8-2-4-9(5-3-8)12(13,14)15;/h2-5,7,10H,6,16H2,1H3,(H,17,18);1H. The summed E-state index contributed by atoms with van der Waals surface area (Å²) in [5.74, 6) is -2.26. The minimum Gasteiger partial charge on any atom is -0.481 e. The fourth-order valence-electron chi connectivity index (χ4n) is 1.72. The zero-order valence-electron chi connectivity index (χ0n) is 10.1. The largest absolute Gasteiger partial charge is 0.481 e. The van der Waals surface area contributed by atoms with E-state index < -0.39 is 29.5 Å². The third kappa shape index (κ3) is 4.40. The summed E-state index contributed by atoms with van der Waals surface area (Å²) in [6.07, 6.45) is -4.39. The van der Waals surface area contributed by atoms with Crippen molar-refractivity contribution in [3.8, 4) is 0 Å². The molecule has 0 aliphatic carbocycles. The summed E-state index contributed by atoms with van der Waals surface area (Å²) >= 11 is 0. The molecule has 2 atom stereocenters. The van der Waals surface area contributed by atoms with E-state index in [-0.39, 0.29) is 19.0 Å². The Morgan fingerprint density at radius 3 is 2.11 bits per heavy atom. The van der Waals surface area contributed by atoms with Crippen LogP contribution in [-0.2, 0) is 11.0 Å². The Morgan fingerprint density at radius 1 is 1.32 bits per heavy atom. The minimum absolute atomic E-state index is 0. The Balaban J connectivity index is 0.00000324. The van der Waals surface area contributed by atoms with Crippen LogP contribution in [0.2, 0.25) is 0 Å². The maximum Gasteiger partial charge on any atom is 0.416 e. The SMILES string of the molecule is CC(C(=O)O)C(CN)c1ccc(C(F)(F)F)cc1.Cl. The van der Waals surface area contributed by atoms with Gasteiger partial charge in [0.1, 0.15) is 0 Å². The number of hydrogen-bond acceptors (Lipinski definition) is 2. The Kier molecular flexibility index (Phi) is 6.32. The van der Waals surface area contributed by atoms with E-state index in [1.165, 1.54) is 19.1 Å². The van der Waals surface area contributed by atoms with Crippen molar-refractivity contribution in [1.82, 2.24) is 0 Å². The topological polar surface area (TPSA) is 63.3 Å². The maximum atomic E-state index is 12.4. The highest BCUT2D eigenvalue weighted by Gasteiger charge is 2.31. The molecule has 0 saturated heterocycles. The van der Waals surface area contributed by atoms with Gasteiger partial charge < -0.3 is 10.8 Å². The fraction of sp³-hybridized carbons (Fsp3) is 0.417. The summed E-state index contributed by atoms with van der Waals surface area (Å²) in [5.41, 5.74) is 5.22. The maximum absolute atomic E-state index is 12.4. The smallest absolute Gasteiger partial charge is 0.416 e. The van der Waals surface area contributed by atoms with E-state index in [0.29, 0.717) is 5.56 Å². The summed E-state index contributed by atoms with van der Waals surface area (Å²) in [4.78, 5) is 10.9. The zero-order valence-corrected chi connectivity index (χ0v) is 11.0. The number of carboxylic acids is 1. The van der Waals surface area contributed by atoms with Gasteiger partial charge in [0.05, 0.1) is 11.5 Å². The highest BCUT2D eigenvalue weighted by Crippen LogP contribution is 2.31. The Labute approximate surface area is 115 Å². The molecule has 0 saturated carbocycles. The van der Waals surface area contributed by atoms with E-state index in [0.717, 1.165) is 12.1 Å². The predicted octanol–water partition coefficient (Wildman–Crippen LogP) is 2.89. The van der Waals surface area contributed by atoms with Gasteiger partial charge in [0.15, 0.2) is 0 Å². The van der Waals surface area contributed by atoms with Crippen LogP contribution in [0, 0.1) is 5.92 Å². The quantitative estimate of drug-likeness (QED) is 0.898. The molecule has 1 rings (SSSR count). The molecule has 7 heteroatoms. The monoisotopic (exact) mass is 297 g/mol. The van der Waals surface area contributed by atoms with Crippen LogP contribution in [0.15, 0.2) is 24.3 Å². The van der Waals surface area contributed by atoms with Gasteiger partial charge >= 0.3 is 12.1 Å². The van der Waals surface area contributed by atoms with Crippen molar-refractivity contribution in [3.63, 3.8) is 0 Å². The van der Waals surface area contributed by atoms with Crippen LogP contribution >= 0.6 is 12.4 Å². The lowest BCUT2D eigenvalue weighted by Gasteiger charge is -2.20. The molecule has 0 spiro atoms. The number of benzene rings is 1. The summed E-state index contributed by atoms with van der Waals surface area (Å²) in [6.45, 7) is 1.55. The molecule has 3 nitrogen and oxygen atoms in total. The molecule has 0 aliphatic rings. The molecule has 1 aromatic rings. The van der Waals surface area contributed by atoms with E-state index in [4.69, 9.17) is 10.8 Å². The molecule has 0 radical (unpaired) electrons. The first-order valence-corrected chi connectivity index (χ1v) is 5.37. The molecule has 1 aromatic carbocycles. The van der Waals surface area contributed by atoms with E-state index >= 15 is 0 Å². The van der Waals surface area contributed by atoms with Crippen LogP contribution in [0.5, 0.6) is 0 Å². The summed E-state index contributed by atoms with van der Waals surface area (Å²) in [7, 11) is 0. The summed E-state index contributed by atoms with van der Waals surface area (Å²) in [6, 6.07) is 4.43. The van der Waals surface area contributed by atoms with Crippen LogP contribution in [-0.4, -0.2) is 17.6 Å². The third-order valence-electron chi connectivity index (χ3n) is 2.91. The first-order chi connectivity index (χ1) is 8.27. The Hall–Kier alpha value is -1.27. The second kappa shape index (κ2) is 6.77. The number of carbonyl (C=O) groups is 1. The van der Waals surface area contributed by atoms with Crippen molar-refractivity contribution in [2.45, 2.75) is 19.0 Å². The van der Waals surface area contributed by atoms with E-state index in [2.05, 4.69) is 0 Å². The molecular weight excluding hydrogens is 283 g/mol. The third-order valence-corrected chi connectivity index (χ3v) is 2.91. The Morgan fingerprint density at radius 2 is 1.79 bits per heavy atom. The second-order valence-electron chi connectivity index (χ2n) is 4.09. The lowest BCUT2D eigenvalue weighted by atomic mass is 9.87. The number of carboxylic acid groups (broad SMARTS) is 1. The van der Waals surface area contributed by atoms with Crippen LogP contribution in [0.1, 0.15) is 24.0 Å². The highest BCUT2D eigenvalue weighted by molar-refractivity contribution is 5.85. The number of hydrogen-bond donors (Lipinski definition) is 2. The number of nitrogens with two attached hydrogens (primary N) is 1. The first kappa shape index (κ1) is 17.7. The van der Waals surface area contributed by atoms with Gasteiger partial charge in [0.25, 0.3) is 0 Å². The van der Waals surface area contributed by atoms with Crippen LogP contribution in [0.4, 0.5) is 13.2 Å². The second-order valence-corrected chi connectivity index (χ2v) is 4.09. The van der Waals surface area contributed by atoms with Crippen LogP contribution in [0.3, 0.4) is 0 Å². The van der Waals surface area contributed by atoms with Crippen molar-refractivity contribution < 1.29 is 23.1 Å². The van der Waals surface area contributed by atoms with E-state index in [1.54, 1.807) is 0 Å². The molecular formula is C12H15ClF3NO2. The number of halogens is 4. The van der Waals surface area contributed by atoms with Gasteiger partial charge in [0, 0.05) is 12.5 Å². The summed E-state index contributed by atoms with van der Waals surface area (Å²) < 4.78 is 37.1. The van der Waals surface area contributed by atoms with Gasteiger partial charge in [-0.05, 0) is 17.7 Å². The average Bonchev–Trinajstić information content (AvgIpc) is 2.29. The number of alkyl halides is 3. The van der Waals surface area contributed by atoms with Crippen molar-refractivity contribution in [3.05, 3.63) is 35.4 Å². The van der Waals surface area contributed by atoms with Gasteiger partial charge in [-0.2, -0.15) is 13.2 Å². The molecule has 108 valence electrons. The van der Waals surface area contributed by atoms with Crippen molar-refractivity contribution >= 4 is 18.4 Å². The molecule has 0 heterocycles. The van der Waals surface area contributed by atoms with E-state index in [9.17, 15) is 18.0 Å². The normalized spacial score (nSPS) is 14.4. The fourth-order valence-corrected chi connectivity index (χ4v) is 1.72. The van der Waals surface area contributed by atoms with Gasteiger partial charge in [-0.1, -0.05) is 19.1 Å². The van der Waals surface area contributed by atoms with Crippen LogP contribution < -0.4 is 5.73 Å². The average molecular weight is 298 g/mol. The molecule has 0 bridgehead atoms. The lowest BCUT2D eigenvalue weighted by Crippen LogP contribution is -2.25. The lowest BCUT2D eigenvalue weighted by molar-refractivity contribution is -0.142. The highest BCUT2D eigenvalue weighted by atomic mass is 35.5. The van der Waals surface area contributed by atoms with Gasteiger partial charge in [-0.25, -0.2) is 0 Å². The summed E-state index contributed by atoms with van der Waals surface area (Å²) in [5, 5.41) is 8.89. The van der Waals surface area contributed by atoms with Gasteiger partial charge in [0.2, 0.25) is 0 Å². The molecule has 3 N–H and O–H groups in total. The minimum atomic E-state index is -4.39. The molecule has 0 aliphatic heterocycles. The van der Waals surface area contributed by atoms with E-state index in [1.807, 2.05) is 0 Å². The van der Waals surface area contributed by atoms with Crippen molar-refractivity contribution in [2.24, 2.45) is 11.7 Å². The molecule has 0 fully saturated rings. The molecule has 0 aromatic heterocycles. The van der Waals surface area contributed by atoms with Gasteiger partial charge in [-0.3, -0.25) is 4.79 Å². The van der Waals surface area contributed by atoms with Crippen LogP contribution in [0.25, 0.3) is 0 Å². The van der Waals surface area contributed by atoms with Crippen molar-refractivity contribution in [1.29, 1.82) is 0 Å². The predicted molar refractivity (Wildman–Crippen MR) is 67.3 cm³/mol.